The van der Waals surface area contributed by atoms with Crippen molar-refractivity contribution in [3.63, 3.8) is 0 Å². The van der Waals surface area contributed by atoms with Crippen LogP contribution in [0.5, 0.6) is 5.75 Å². The largest absolute Gasteiger partial charge is 0.497 e. The first-order chi connectivity index (χ1) is 20.6. The Balaban J connectivity index is 1.23. The number of rotatable bonds is 6. The molecule has 7 rings (SSSR count). The van der Waals surface area contributed by atoms with Crippen molar-refractivity contribution in [2.45, 2.75) is 32.1 Å². The molecule has 8 nitrogen and oxygen atoms in total. The number of methoxy groups -OCH3 is 1. The highest BCUT2D eigenvalue weighted by molar-refractivity contribution is 6.01. The monoisotopic (exact) mass is 560 g/mol. The van der Waals surface area contributed by atoms with Crippen molar-refractivity contribution in [3.05, 3.63) is 79.0 Å². The second-order valence-electron chi connectivity index (χ2n) is 10.8. The number of halogens is 1. The molecule has 4 aromatic heterocycles. The number of hydrogen-bond donors (Lipinski definition) is 3. The predicted molar refractivity (Wildman–Crippen MR) is 162 cm³/mol. The van der Waals surface area contributed by atoms with Crippen LogP contribution in [0, 0.1) is 11.7 Å². The van der Waals surface area contributed by atoms with Gasteiger partial charge in [0.05, 0.1) is 35.9 Å². The van der Waals surface area contributed by atoms with Gasteiger partial charge in [0.1, 0.15) is 17.3 Å². The highest BCUT2D eigenvalue weighted by Crippen LogP contribution is 2.36. The van der Waals surface area contributed by atoms with Gasteiger partial charge in [-0.1, -0.05) is 25.3 Å². The molecule has 0 atom stereocenters. The molecule has 210 valence electrons. The van der Waals surface area contributed by atoms with Crippen LogP contribution < -0.4 is 10.1 Å². The van der Waals surface area contributed by atoms with Crippen LogP contribution in [0.2, 0.25) is 0 Å². The lowest BCUT2D eigenvalue weighted by molar-refractivity contribution is -0.120. The van der Waals surface area contributed by atoms with E-state index in [1.807, 2.05) is 30.3 Å². The maximum absolute atomic E-state index is 14.3. The molecule has 2 aromatic carbocycles. The first kappa shape index (κ1) is 25.9. The number of H-pyrrole nitrogens is 2. The highest BCUT2D eigenvalue weighted by Gasteiger charge is 2.21. The Bertz CT molecular complexity index is 1940. The van der Waals surface area contributed by atoms with Gasteiger partial charge in [-0.2, -0.15) is 5.10 Å². The summed E-state index contributed by atoms with van der Waals surface area (Å²) in [7, 11) is 1.51. The van der Waals surface area contributed by atoms with E-state index in [1.54, 1.807) is 24.7 Å². The quantitative estimate of drug-likeness (QED) is 0.195. The minimum atomic E-state index is -0.392. The summed E-state index contributed by atoms with van der Waals surface area (Å²) in [5.41, 5.74) is 7.11. The van der Waals surface area contributed by atoms with E-state index in [9.17, 15) is 9.18 Å². The van der Waals surface area contributed by atoms with Gasteiger partial charge in [0.15, 0.2) is 0 Å². The van der Waals surface area contributed by atoms with Gasteiger partial charge in [0.25, 0.3) is 0 Å². The number of anilines is 1. The van der Waals surface area contributed by atoms with Crippen LogP contribution >= 0.6 is 0 Å². The minimum absolute atomic E-state index is 0.0715. The van der Waals surface area contributed by atoms with E-state index in [2.05, 4.69) is 36.5 Å². The zero-order chi connectivity index (χ0) is 28.6. The normalized spacial score (nSPS) is 14.0. The van der Waals surface area contributed by atoms with Gasteiger partial charge in [0.2, 0.25) is 5.91 Å². The molecule has 1 amide bonds. The van der Waals surface area contributed by atoms with Crippen molar-refractivity contribution >= 4 is 33.4 Å². The van der Waals surface area contributed by atoms with Crippen LogP contribution in [0.25, 0.3) is 55.6 Å². The van der Waals surface area contributed by atoms with E-state index in [4.69, 9.17) is 4.74 Å². The lowest BCUT2D eigenvalue weighted by Crippen LogP contribution is -2.24. The summed E-state index contributed by atoms with van der Waals surface area (Å²) in [5, 5.41) is 12.6. The number of carbonyl (C=O) groups is 1. The number of aromatic nitrogens is 5. The summed E-state index contributed by atoms with van der Waals surface area (Å²) < 4.78 is 19.6. The van der Waals surface area contributed by atoms with Crippen LogP contribution in [0.1, 0.15) is 32.1 Å². The number of benzene rings is 2. The molecule has 1 saturated carbocycles. The Morgan fingerprint density at radius 2 is 1.76 bits per heavy atom. The second-order valence-corrected chi connectivity index (χ2v) is 10.8. The lowest BCUT2D eigenvalue weighted by Gasteiger charge is -2.20. The summed E-state index contributed by atoms with van der Waals surface area (Å²) >= 11 is 0. The fourth-order valence-corrected chi connectivity index (χ4v) is 5.90. The first-order valence-electron chi connectivity index (χ1n) is 14.1. The molecule has 0 spiro atoms. The van der Waals surface area contributed by atoms with Gasteiger partial charge < -0.3 is 15.0 Å². The SMILES string of the molecule is COc1cc(F)cc(-c2nccc3[nH]c(-c4n[nH]c5ccc(-c6cncc(NC(=O)C7CCCCC7)c6)cc45)cc23)c1. The van der Waals surface area contributed by atoms with E-state index < -0.39 is 5.82 Å². The van der Waals surface area contributed by atoms with Gasteiger partial charge >= 0.3 is 0 Å². The van der Waals surface area contributed by atoms with Crippen molar-refractivity contribution in [2.24, 2.45) is 5.92 Å². The smallest absolute Gasteiger partial charge is 0.227 e. The van der Waals surface area contributed by atoms with E-state index in [-0.39, 0.29) is 11.8 Å². The molecule has 0 aliphatic heterocycles. The fourth-order valence-electron chi connectivity index (χ4n) is 5.90. The van der Waals surface area contributed by atoms with Gasteiger partial charge in [-0.3, -0.25) is 19.9 Å². The summed E-state index contributed by atoms with van der Waals surface area (Å²) in [6.07, 6.45) is 10.5. The Hall–Kier alpha value is -5.05. The number of carbonyl (C=O) groups excluding carboxylic acids is 1. The third-order valence-electron chi connectivity index (χ3n) is 8.06. The molecule has 3 N–H and O–H groups in total. The molecule has 6 aromatic rings. The van der Waals surface area contributed by atoms with E-state index in [0.717, 1.165) is 70.0 Å². The molecule has 1 aliphatic rings. The van der Waals surface area contributed by atoms with E-state index in [0.29, 0.717) is 22.7 Å². The molecule has 0 bridgehead atoms. The third kappa shape index (κ3) is 4.87. The fraction of sp³-hybridized carbons (Fsp3) is 0.212. The molecule has 1 aliphatic carbocycles. The van der Waals surface area contributed by atoms with Crippen molar-refractivity contribution < 1.29 is 13.9 Å². The van der Waals surface area contributed by atoms with Gasteiger partial charge in [0, 0.05) is 51.8 Å². The number of hydrogen-bond acceptors (Lipinski definition) is 5. The molecular formula is C33H29FN6O2. The van der Waals surface area contributed by atoms with Crippen LogP contribution in [-0.2, 0) is 4.79 Å². The maximum atomic E-state index is 14.3. The Labute approximate surface area is 241 Å². The van der Waals surface area contributed by atoms with Crippen molar-refractivity contribution in [1.82, 2.24) is 25.1 Å². The van der Waals surface area contributed by atoms with Crippen molar-refractivity contribution in [1.29, 1.82) is 0 Å². The third-order valence-corrected chi connectivity index (χ3v) is 8.06. The van der Waals surface area contributed by atoms with Crippen LogP contribution in [0.4, 0.5) is 10.1 Å². The van der Waals surface area contributed by atoms with Crippen LogP contribution in [0.15, 0.2) is 73.2 Å². The van der Waals surface area contributed by atoms with E-state index >= 15 is 0 Å². The van der Waals surface area contributed by atoms with Gasteiger partial charge in [-0.25, -0.2) is 4.39 Å². The first-order valence-corrected chi connectivity index (χ1v) is 14.1. The number of amides is 1. The maximum Gasteiger partial charge on any atom is 0.227 e. The summed E-state index contributed by atoms with van der Waals surface area (Å²) in [5.74, 6) is 0.183. The Morgan fingerprint density at radius 1 is 0.905 bits per heavy atom. The molecule has 1 fully saturated rings. The number of pyridine rings is 2. The second kappa shape index (κ2) is 10.7. The molecule has 0 unspecified atom stereocenters. The molecule has 42 heavy (non-hydrogen) atoms. The Kier molecular flexibility index (Phi) is 6.62. The average molecular weight is 561 g/mol. The van der Waals surface area contributed by atoms with Crippen LogP contribution in [-0.4, -0.2) is 38.2 Å². The molecule has 0 saturated heterocycles. The molecular weight excluding hydrogens is 531 g/mol. The summed E-state index contributed by atoms with van der Waals surface area (Å²) in [4.78, 5) is 25.2. The topological polar surface area (TPSA) is 109 Å². The minimum Gasteiger partial charge on any atom is -0.497 e. The summed E-state index contributed by atoms with van der Waals surface area (Å²) in [6, 6.07) is 16.5. The van der Waals surface area contributed by atoms with Gasteiger partial charge in [-0.05, 0) is 60.9 Å². The van der Waals surface area contributed by atoms with E-state index in [1.165, 1.54) is 25.7 Å². The Morgan fingerprint density at radius 3 is 2.62 bits per heavy atom. The average Bonchev–Trinajstić information content (AvgIpc) is 3.65. The number of fused-ring (bicyclic) bond motifs is 2. The molecule has 0 radical (unpaired) electrons. The number of nitrogens with one attached hydrogen (secondary N) is 3. The number of aromatic amines is 2. The summed E-state index contributed by atoms with van der Waals surface area (Å²) in [6.45, 7) is 0. The highest BCUT2D eigenvalue weighted by atomic mass is 19.1. The van der Waals surface area contributed by atoms with Crippen molar-refractivity contribution in [3.8, 4) is 39.5 Å². The van der Waals surface area contributed by atoms with Crippen LogP contribution in [0.3, 0.4) is 0 Å². The number of ether oxygens (including phenoxy) is 1. The number of nitrogens with zero attached hydrogens (tertiary/aromatic N) is 3. The lowest BCUT2D eigenvalue weighted by atomic mass is 9.88. The zero-order valence-electron chi connectivity index (χ0n) is 23.1. The van der Waals surface area contributed by atoms with Crippen molar-refractivity contribution in [2.75, 3.05) is 12.4 Å². The molecule has 4 heterocycles. The predicted octanol–water partition coefficient (Wildman–Crippen LogP) is 7.50. The standard InChI is InChI=1S/C33H29FN6O2/c1-42-25-13-21(11-23(34)15-25)31-27-16-30(38-28(27)9-10-36-31)32-26-14-20(7-8-29(26)39-40-32)22-12-24(18-35-17-22)37-33(41)19-5-3-2-4-6-19/h7-19,38H,2-6H2,1H3,(H,37,41)(H,39,40). The molecule has 9 heteroatoms. The van der Waals surface area contributed by atoms with Gasteiger partial charge in [-0.15, -0.1) is 0 Å². The zero-order valence-corrected chi connectivity index (χ0v) is 23.1.